The van der Waals surface area contributed by atoms with Crippen LogP contribution in [-0.4, -0.2) is 17.7 Å². The van der Waals surface area contributed by atoms with Crippen molar-refractivity contribution in [3.05, 3.63) is 58.8 Å². The highest BCUT2D eigenvalue weighted by Crippen LogP contribution is 2.21. The van der Waals surface area contributed by atoms with Crippen molar-refractivity contribution in [2.45, 2.75) is 26.0 Å². The van der Waals surface area contributed by atoms with Crippen LogP contribution in [0.2, 0.25) is 0 Å². The molecule has 6 nitrogen and oxygen atoms in total. The summed E-state index contributed by atoms with van der Waals surface area (Å²) >= 11 is 0. The lowest BCUT2D eigenvalue weighted by molar-refractivity contribution is 0.0359. The molecule has 0 aliphatic heterocycles. The van der Waals surface area contributed by atoms with Gasteiger partial charge in [0.1, 0.15) is 22.9 Å². The zero-order valence-corrected chi connectivity index (χ0v) is 13.4. The van der Waals surface area contributed by atoms with E-state index in [4.69, 9.17) is 9.68 Å². The molecule has 0 saturated heterocycles. The van der Waals surface area contributed by atoms with Crippen molar-refractivity contribution < 1.29 is 18.7 Å². The fourth-order valence-electron chi connectivity index (χ4n) is 2.08. The highest BCUT2D eigenvalue weighted by Gasteiger charge is 2.27. The van der Waals surface area contributed by atoms with E-state index in [1.165, 1.54) is 25.1 Å². The van der Waals surface area contributed by atoms with Crippen LogP contribution in [0.25, 0.3) is 0 Å². The molecule has 1 aromatic carbocycles. The van der Waals surface area contributed by atoms with Gasteiger partial charge in [0, 0.05) is 12.1 Å². The summed E-state index contributed by atoms with van der Waals surface area (Å²) in [7, 11) is 0. The molecule has 1 heterocycles. The van der Waals surface area contributed by atoms with Gasteiger partial charge in [-0.1, -0.05) is 0 Å². The summed E-state index contributed by atoms with van der Waals surface area (Å²) in [6.45, 7) is 3.12. The molecule has 0 radical (unpaired) electrons. The first-order valence-electron chi connectivity index (χ1n) is 7.31. The first-order chi connectivity index (χ1) is 11.3. The molecule has 0 aliphatic carbocycles. The Kier molecular flexibility index (Phi) is 5.21. The number of hydrogen-bond acceptors (Lipinski definition) is 4. The second kappa shape index (κ2) is 7.15. The lowest BCUT2D eigenvalue weighted by atomic mass is 10.0. The quantitative estimate of drug-likeness (QED) is 0.783. The van der Waals surface area contributed by atoms with Gasteiger partial charge in [-0.2, -0.15) is 5.26 Å². The van der Waals surface area contributed by atoms with E-state index in [9.17, 15) is 14.3 Å². The number of aliphatic hydroxyl groups is 1. The lowest BCUT2D eigenvalue weighted by Gasteiger charge is -2.21. The molecule has 3 N–H and O–H groups in total. The second-order valence-corrected chi connectivity index (χ2v) is 5.64. The molecule has 0 aliphatic rings. The number of halogens is 1. The van der Waals surface area contributed by atoms with Crippen LogP contribution >= 0.6 is 0 Å². The summed E-state index contributed by atoms with van der Waals surface area (Å²) < 4.78 is 19.0. The number of rotatable bonds is 5. The average molecular weight is 331 g/mol. The fraction of sp³-hybridized carbons (Fsp3) is 0.294. The minimum atomic E-state index is -1.36. The number of nitriles is 1. The molecule has 1 unspecified atom stereocenters. The van der Waals surface area contributed by atoms with Crippen LogP contribution in [0, 0.1) is 24.1 Å². The third-order valence-electron chi connectivity index (χ3n) is 3.48. The summed E-state index contributed by atoms with van der Waals surface area (Å²) in [5.74, 6) is 0.489. The third kappa shape index (κ3) is 4.33. The van der Waals surface area contributed by atoms with E-state index in [-0.39, 0.29) is 18.7 Å². The minimum absolute atomic E-state index is 0.0742. The van der Waals surface area contributed by atoms with Crippen molar-refractivity contribution in [1.29, 1.82) is 5.26 Å². The van der Waals surface area contributed by atoms with Crippen LogP contribution < -0.4 is 10.6 Å². The van der Waals surface area contributed by atoms with Crippen LogP contribution in [0.1, 0.15) is 29.6 Å². The number of carbonyl (C=O) groups excluding carboxylic acids is 1. The van der Waals surface area contributed by atoms with Crippen molar-refractivity contribution in [1.82, 2.24) is 10.6 Å². The lowest BCUT2D eigenvalue weighted by Crippen LogP contribution is -2.43. The van der Waals surface area contributed by atoms with E-state index in [1.54, 1.807) is 19.1 Å². The normalized spacial score (nSPS) is 13.0. The Hall–Kier alpha value is -2.85. The standard InChI is InChI=1S/C17H18FN3O3/c1-11-3-6-15(24-11)17(2,23)10-21-16(22)20-9-13-7-12(8-19)4-5-14(13)18/h3-7,23H,9-10H2,1-2H3,(H2,20,21,22). The zero-order valence-electron chi connectivity index (χ0n) is 13.4. The molecular weight excluding hydrogens is 313 g/mol. The second-order valence-electron chi connectivity index (χ2n) is 5.64. The van der Waals surface area contributed by atoms with Gasteiger partial charge < -0.3 is 20.2 Å². The van der Waals surface area contributed by atoms with E-state index >= 15 is 0 Å². The summed E-state index contributed by atoms with van der Waals surface area (Å²) in [6.07, 6.45) is 0. The van der Waals surface area contributed by atoms with Gasteiger partial charge in [-0.15, -0.1) is 0 Å². The van der Waals surface area contributed by atoms with Crippen molar-refractivity contribution in [3.8, 4) is 6.07 Å². The van der Waals surface area contributed by atoms with E-state index in [0.717, 1.165) is 0 Å². The topological polar surface area (TPSA) is 98.3 Å². The largest absolute Gasteiger partial charge is 0.463 e. The first-order valence-corrected chi connectivity index (χ1v) is 7.31. The average Bonchev–Trinajstić information content (AvgIpc) is 2.99. The molecule has 7 heteroatoms. The molecule has 24 heavy (non-hydrogen) atoms. The predicted octanol–water partition coefficient (Wildman–Crippen LogP) is 2.31. The number of nitrogens with one attached hydrogen (secondary N) is 2. The Morgan fingerprint density at radius 1 is 1.38 bits per heavy atom. The number of nitrogens with zero attached hydrogens (tertiary/aromatic N) is 1. The van der Waals surface area contributed by atoms with E-state index in [1.807, 2.05) is 6.07 Å². The van der Waals surface area contributed by atoms with E-state index < -0.39 is 17.4 Å². The molecular formula is C17H18FN3O3. The molecule has 126 valence electrons. The number of amides is 2. The van der Waals surface area contributed by atoms with Crippen LogP contribution in [0.3, 0.4) is 0 Å². The Bertz CT molecular complexity index is 778. The molecule has 0 bridgehead atoms. The third-order valence-corrected chi connectivity index (χ3v) is 3.48. The van der Waals surface area contributed by atoms with Crippen molar-refractivity contribution >= 4 is 6.03 Å². The van der Waals surface area contributed by atoms with Crippen LogP contribution in [0.5, 0.6) is 0 Å². The maximum Gasteiger partial charge on any atom is 0.315 e. The SMILES string of the molecule is Cc1ccc(C(C)(O)CNC(=O)NCc2cc(C#N)ccc2F)o1. The summed E-state index contributed by atoms with van der Waals surface area (Å²) in [5.41, 5.74) is -0.847. The van der Waals surface area contributed by atoms with Gasteiger partial charge in [0.15, 0.2) is 0 Å². The molecule has 2 amide bonds. The van der Waals surface area contributed by atoms with Crippen molar-refractivity contribution in [2.75, 3.05) is 6.54 Å². The Labute approximate surface area is 138 Å². The Balaban J connectivity index is 1.89. The van der Waals surface area contributed by atoms with Crippen molar-refractivity contribution in [3.63, 3.8) is 0 Å². The first kappa shape index (κ1) is 17.5. The zero-order chi connectivity index (χ0) is 17.7. The predicted molar refractivity (Wildman–Crippen MR) is 84.4 cm³/mol. The molecule has 1 atom stereocenters. The van der Waals surface area contributed by atoms with E-state index in [2.05, 4.69) is 10.6 Å². The molecule has 1 aromatic heterocycles. The molecule has 2 rings (SSSR count). The van der Waals surface area contributed by atoms with Gasteiger partial charge in [0.25, 0.3) is 0 Å². The Morgan fingerprint density at radius 2 is 2.12 bits per heavy atom. The van der Waals surface area contributed by atoms with E-state index in [0.29, 0.717) is 17.1 Å². The van der Waals surface area contributed by atoms with Gasteiger partial charge in [0.2, 0.25) is 0 Å². The summed E-state index contributed by atoms with van der Waals surface area (Å²) in [6, 6.07) is 8.61. The molecule has 0 saturated carbocycles. The number of urea groups is 1. The van der Waals surface area contributed by atoms with Crippen LogP contribution in [0.15, 0.2) is 34.7 Å². The highest BCUT2D eigenvalue weighted by atomic mass is 19.1. The Morgan fingerprint density at radius 3 is 2.75 bits per heavy atom. The number of benzene rings is 1. The minimum Gasteiger partial charge on any atom is -0.463 e. The van der Waals surface area contributed by atoms with Gasteiger partial charge in [-0.3, -0.25) is 0 Å². The number of hydrogen-bond donors (Lipinski definition) is 3. The van der Waals surface area contributed by atoms with Gasteiger partial charge in [-0.25, -0.2) is 9.18 Å². The molecule has 2 aromatic rings. The smallest absolute Gasteiger partial charge is 0.315 e. The fourth-order valence-corrected chi connectivity index (χ4v) is 2.08. The van der Waals surface area contributed by atoms with Crippen molar-refractivity contribution in [2.24, 2.45) is 0 Å². The summed E-state index contributed by atoms with van der Waals surface area (Å²) in [5, 5.41) is 24.1. The van der Waals surface area contributed by atoms with Gasteiger partial charge in [-0.05, 0) is 44.2 Å². The van der Waals surface area contributed by atoms with Gasteiger partial charge in [0.05, 0.1) is 18.2 Å². The monoisotopic (exact) mass is 331 g/mol. The molecule has 0 fully saturated rings. The number of carbonyl (C=O) groups is 1. The van der Waals surface area contributed by atoms with Crippen LogP contribution in [-0.2, 0) is 12.1 Å². The highest BCUT2D eigenvalue weighted by molar-refractivity contribution is 5.73. The summed E-state index contributed by atoms with van der Waals surface area (Å²) in [4.78, 5) is 11.8. The number of furan rings is 1. The van der Waals surface area contributed by atoms with Crippen LogP contribution in [0.4, 0.5) is 9.18 Å². The molecule has 0 spiro atoms. The maximum absolute atomic E-state index is 13.6. The van der Waals surface area contributed by atoms with Gasteiger partial charge >= 0.3 is 6.03 Å². The number of aryl methyl sites for hydroxylation is 1. The maximum atomic E-state index is 13.6.